The van der Waals surface area contributed by atoms with E-state index < -0.39 is 0 Å². The minimum Gasteiger partial charge on any atom is -0.491 e. The van der Waals surface area contributed by atoms with Crippen molar-refractivity contribution in [3.63, 3.8) is 0 Å². The number of nitrogens with zero attached hydrogens (tertiary/aromatic N) is 1. The standard InChI is InChI=1S/C19H21FN2O2/c1-3-14(2)24-18-10-6-16(7-11-18)13-21-22-19(23)12-15-4-8-17(20)9-5-15/h4-11,13-14H,3,12H2,1-2H3,(H,22,23)/b21-13+/t14-/m1/s1. The Balaban J connectivity index is 1.82. The Morgan fingerprint density at radius 2 is 1.88 bits per heavy atom. The molecule has 0 saturated carbocycles. The SMILES string of the molecule is CC[C@@H](C)Oc1ccc(/C=N/NC(=O)Cc2ccc(F)cc2)cc1. The Hall–Kier alpha value is -2.69. The lowest BCUT2D eigenvalue weighted by Crippen LogP contribution is -2.19. The molecular formula is C19H21FN2O2. The van der Waals surface area contributed by atoms with Gasteiger partial charge < -0.3 is 4.74 Å². The lowest BCUT2D eigenvalue weighted by molar-refractivity contribution is -0.120. The van der Waals surface area contributed by atoms with Crippen LogP contribution < -0.4 is 10.2 Å². The van der Waals surface area contributed by atoms with Gasteiger partial charge in [-0.25, -0.2) is 9.82 Å². The van der Waals surface area contributed by atoms with E-state index in [0.717, 1.165) is 23.3 Å². The molecule has 1 atom stereocenters. The third-order valence-corrected chi connectivity index (χ3v) is 3.47. The molecule has 0 aliphatic rings. The number of carbonyl (C=O) groups excluding carboxylic acids is 1. The minimum absolute atomic E-state index is 0.152. The fraction of sp³-hybridized carbons (Fsp3) is 0.263. The largest absolute Gasteiger partial charge is 0.491 e. The molecule has 2 rings (SSSR count). The van der Waals surface area contributed by atoms with Crippen molar-refractivity contribution in [1.29, 1.82) is 0 Å². The summed E-state index contributed by atoms with van der Waals surface area (Å²) < 4.78 is 18.5. The summed E-state index contributed by atoms with van der Waals surface area (Å²) >= 11 is 0. The van der Waals surface area contributed by atoms with Crippen LogP contribution in [-0.2, 0) is 11.2 Å². The van der Waals surface area contributed by atoms with Gasteiger partial charge in [0.1, 0.15) is 11.6 Å². The van der Waals surface area contributed by atoms with Crippen LogP contribution in [0, 0.1) is 5.82 Å². The number of hydrazone groups is 1. The fourth-order valence-electron chi connectivity index (χ4n) is 1.95. The molecule has 0 heterocycles. The molecule has 0 bridgehead atoms. The average Bonchev–Trinajstić information content (AvgIpc) is 2.58. The van der Waals surface area contributed by atoms with Gasteiger partial charge in [0.15, 0.2) is 0 Å². The third kappa shape index (κ3) is 5.83. The van der Waals surface area contributed by atoms with Crippen LogP contribution in [0.4, 0.5) is 4.39 Å². The van der Waals surface area contributed by atoms with E-state index in [1.54, 1.807) is 18.3 Å². The molecule has 0 fully saturated rings. The minimum atomic E-state index is -0.321. The highest BCUT2D eigenvalue weighted by molar-refractivity contribution is 5.83. The highest BCUT2D eigenvalue weighted by Crippen LogP contribution is 2.14. The summed E-state index contributed by atoms with van der Waals surface area (Å²) in [5, 5.41) is 3.92. The molecule has 0 radical (unpaired) electrons. The molecule has 24 heavy (non-hydrogen) atoms. The van der Waals surface area contributed by atoms with Gasteiger partial charge in [0.2, 0.25) is 5.91 Å². The number of hydrogen-bond donors (Lipinski definition) is 1. The quantitative estimate of drug-likeness (QED) is 0.622. The lowest BCUT2D eigenvalue weighted by atomic mass is 10.1. The van der Waals surface area contributed by atoms with E-state index in [1.807, 2.05) is 31.2 Å². The number of hydrogen-bond acceptors (Lipinski definition) is 3. The molecule has 0 saturated heterocycles. The van der Waals surface area contributed by atoms with E-state index in [1.165, 1.54) is 12.1 Å². The van der Waals surface area contributed by atoms with Crippen LogP contribution in [0.2, 0.25) is 0 Å². The molecular weight excluding hydrogens is 307 g/mol. The first-order chi connectivity index (χ1) is 11.6. The Kier molecular flexibility index (Phi) is 6.49. The van der Waals surface area contributed by atoms with E-state index in [4.69, 9.17) is 4.74 Å². The van der Waals surface area contributed by atoms with Crippen molar-refractivity contribution in [2.75, 3.05) is 0 Å². The molecule has 2 aromatic rings. The molecule has 0 spiro atoms. The zero-order valence-electron chi connectivity index (χ0n) is 13.8. The average molecular weight is 328 g/mol. The molecule has 0 aliphatic heterocycles. The van der Waals surface area contributed by atoms with Crippen LogP contribution >= 0.6 is 0 Å². The van der Waals surface area contributed by atoms with Gasteiger partial charge in [-0.2, -0.15) is 5.10 Å². The first kappa shape index (κ1) is 17.7. The number of ether oxygens (including phenoxy) is 1. The van der Waals surface area contributed by atoms with Gasteiger partial charge >= 0.3 is 0 Å². The van der Waals surface area contributed by atoms with E-state index in [9.17, 15) is 9.18 Å². The van der Waals surface area contributed by atoms with Crippen molar-refractivity contribution in [3.8, 4) is 5.75 Å². The number of carbonyl (C=O) groups is 1. The predicted octanol–water partition coefficient (Wildman–Crippen LogP) is 3.70. The van der Waals surface area contributed by atoms with Crippen LogP contribution in [-0.4, -0.2) is 18.2 Å². The zero-order valence-corrected chi connectivity index (χ0v) is 13.8. The summed E-state index contributed by atoms with van der Waals surface area (Å²) in [7, 11) is 0. The van der Waals surface area contributed by atoms with Gasteiger partial charge in [0.05, 0.1) is 18.7 Å². The van der Waals surface area contributed by atoms with E-state index in [0.29, 0.717) is 0 Å². The second kappa shape index (κ2) is 8.82. The van der Waals surface area contributed by atoms with Crippen LogP contribution in [0.5, 0.6) is 5.75 Å². The second-order valence-corrected chi connectivity index (χ2v) is 5.50. The summed E-state index contributed by atoms with van der Waals surface area (Å²) in [4.78, 5) is 11.8. The van der Waals surface area contributed by atoms with Gasteiger partial charge in [0.25, 0.3) is 0 Å². The zero-order chi connectivity index (χ0) is 17.4. The lowest BCUT2D eigenvalue weighted by Gasteiger charge is -2.12. The van der Waals surface area contributed by atoms with Crippen LogP contribution in [0.15, 0.2) is 53.6 Å². The molecule has 0 aromatic heterocycles. The molecule has 4 nitrogen and oxygen atoms in total. The van der Waals surface area contributed by atoms with E-state index >= 15 is 0 Å². The van der Waals surface area contributed by atoms with Crippen LogP contribution in [0.1, 0.15) is 31.4 Å². The number of rotatable bonds is 7. The highest BCUT2D eigenvalue weighted by atomic mass is 19.1. The molecule has 126 valence electrons. The molecule has 0 aliphatic carbocycles. The maximum atomic E-state index is 12.8. The Morgan fingerprint density at radius 3 is 2.50 bits per heavy atom. The third-order valence-electron chi connectivity index (χ3n) is 3.47. The van der Waals surface area contributed by atoms with Crippen LogP contribution in [0.25, 0.3) is 0 Å². The fourth-order valence-corrected chi connectivity index (χ4v) is 1.95. The maximum absolute atomic E-state index is 12.8. The van der Waals surface area contributed by atoms with Crippen molar-refractivity contribution in [1.82, 2.24) is 5.43 Å². The maximum Gasteiger partial charge on any atom is 0.244 e. The van der Waals surface area contributed by atoms with Crippen molar-refractivity contribution in [3.05, 3.63) is 65.5 Å². The van der Waals surface area contributed by atoms with Crippen molar-refractivity contribution in [2.24, 2.45) is 5.10 Å². The van der Waals surface area contributed by atoms with Gasteiger partial charge in [-0.05, 0) is 60.9 Å². The smallest absolute Gasteiger partial charge is 0.244 e. The van der Waals surface area contributed by atoms with Crippen molar-refractivity contribution >= 4 is 12.1 Å². The Bertz CT molecular complexity index is 682. The Morgan fingerprint density at radius 1 is 1.21 bits per heavy atom. The predicted molar refractivity (Wildman–Crippen MR) is 92.7 cm³/mol. The first-order valence-electron chi connectivity index (χ1n) is 7.90. The van der Waals surface area contributed by atoms with Crippen molar-refractivity contribution in [2.45, 2.75) is 32.8 Å². The molecule has 1 N–H and O–H groups in total. The van der Waals surface area contributed by atoms with Gasteiger partial charge in [-0.15, -0.1) is 0 Å². The summed E-state index contributed by atoms with van der Waals surface area (Å²) in [5.41, 5.74) is 4.04. The molecule has 0 unspecified atom stereocenters. The molecule has 5 heteroatoms. The Labute approximate surface area is 141 Å². The highest BCUT2D eigenvalue weighted by Gasteiger charge is 2.02. The summed E-state index contributed by atoms with van der Waals surface area (Å²) in [6.45, 7) is 4.09. The van der Waals surface area contributed by atoms with E-state index in [-0.39, 0.29) is 24.2 Å². The number of amides is 1. The monoisotopic (exact) mass is 328 g/mol. The van der Waals surface area contributed by atoms with Gasteiger partial charge in [-0.1, -0.05) is 19.1 Å². The summed E-state index contributed by atoms with van der Waals surface area (Å²) in [6.07, 6.45) is 2.84. The second-order valence-electron chi connectivity index (χ2n) is 5.50. The number of halogens is 1. The normalized spacial score (nSPS) is 12.1. The molecule has 1 amide bonds. The van der Waals surface area contributed by atoms with Crippen LogP contribution in [0.3, 0.4) is 0 Å². The summed E-state index contributed by atoms with van der Waals surface area (Å²) in [6, 6.07) is 13.3. The topological polar surface area (TPSA) is 50.7 Å². The van der Waals surface area contributed by atoms with Crippen molar-refractivity contribution < 1.29 is 13.9 Å². The number of benzene rings is 2. The van der Waals surface area contributed by atoms with Gasteiger partial charge in [-0.3, -0.25) is 4.79 Å². The summed E-state index contributed by atoms with van der Waals surface area (Å²) in [5.74, 6) is 0.231. The first-order valence-corrected chi connectivity index (χ1v) is 7.90. The number of nitrogens with one attached hydrogen (secondary N) is 1. The van der Waals surface area contributed by atoms with E-state index in [2.05, 4.69) is 17.5 Å². The molecule has 2 aromatic carbocycles. The van der Waals surface area contributed by atoms with Gasteiger partial charge in [0, 0.05) is 0 Å².